The molecule has 0 saturated heterocycles. The van der Waals surface area contributed by atoms with E-state index in [9.17, 15) is 0 Å². The van der Waals surface area contributed by atoms with Crippen LogP contribution in [0.2, 0.25) is 0 Å². The zero-order valence-electron chi connectivity index (χ0n) is 10.8. The first-order valence-electron chi connectivity index (χ1n) is 5.89. The van der Waals surface area contributed by atoms with Gasteiger partial charge in [-0.3, -0.25) is 4.90 Å². The molecule has 0 aromatic carbocycles. The minimum Gasteiger partial charge on any atom is -0.329 e. The Bertz CT molecular complexity index is 139. The van der Waals surface area contributed by atoms with Gasteiger partial charge in [0.1, 0.15) is 0 Å². The Morgan fingerprint density at radius 1 is 1.13 bits per heavy atom. The molecular formula is C11H28N4. The smallest absolute Gasteiger partial charge is 0.0110 e. The Kier molecular flexibility index (Phi) is 9.00. The third-order valence-electron chi connectivity index (χ3n) is 2.77. The lowest BCUT2D eigenvalue weighted by atomic mass is 10.3. The second-order valence-corrected chi connectivity index (χ2v) is 4.31. The minimum atomic E-state index is 0.619. The van der Waals surface area contributed by atoms with Crippen molar-refractivity contribution >= 4 is 0 Å². The summed E-state index contributed by atoms with van der Waals surface area (Å²) in [6, 6.07) is 0.619. The number of hydrogen-bond donors (Lipinski definition) is 2. The molecule has 0 aliphatic rings. The van der Waals surface area contributed by atoms with Crippen LogP contribution in [0.5, 0.6) is 0 Å². The van der Waals surface area contributed by atoms with Crippen molar-refractivity contribution in [1.29, 1.82) is 0 Å². The van der Waals surface area contributed by atoms with Gasteiger partial charge in [0.15, 0.2) is 0 Å². The zero-order chi connectivity index (χ0) is 11.7. The highest BCUT2D eigenvalue weighted by Gasteiger charge is 2.07. The van der Waals surface area contributed by atoms with Crippen molar-refractivity contribution in [3.05, 3.63) is 0 Å². The Labute approximate surface area is 94.8 Å². The molecule has 0 saturated carbocycles. The highest BCUT2D eigenvalue weighted by Crippen LogP contribution is 1.94. The molecule has 0 spiro atoms. The van der Waals surface area contributed by atoms with Crippen LogP contribution >= 0.6 is 0 Å². The van der Waals surface area contributed by atoms with E-state index in [0.29, 0.717) is 6.04 Å². The fourth-order valence-electron chi connectivity index (χ4n) is 1.35. The van der Waals surface area contributed by atoms with Gasteiger partial charge >= 0.3 is 0 Å². The van der Waals surface area contributed by atoms with E-state index in [1.807, 2.05) is 7.05 Å². The van der Waals surface area contributed by atoms with Crippen LogP contribution in [0.1, 0.15) is 13.8 Å². The predicted octanol–water partition coefficient (Wildman–Crippen LogP) is -0.193. The summed E-state index contributed by atoms with van der Waals surface area (Å²) < 4.78 is 0. The van der Waals surface area contributed by atoms with E-state index >= 15 is 0 Å². The minimum absolute atomic E-state index is 0.619. The average Bonchev–Trinajstić information content (AvgIpc) is 2.21. The third kappa shape index (κ3) is 7.73. The van der Waals surface area contributed by atoms with Crippen molar-refractivity contribution in [3.63, 3.8) is 0 Å². The number of rotatable bonds is 9. The second-order valence-electron chi connectivity index (χ2n) is 4.31. The molecule has 0 aliphatic heterocycles. The average molecular weight is 216 g/mol. The van der Waals surface area contributed by atoms with Crippen molar-refractivity contribution in [2.24, 2.45) is 5.73 Å². The molecule has 0 heterocycles. The standard InChI is InChI=1S/C11H28N4/c1-11(2)14(4)9-10-15(7-5-12)8-6-13-3/h11,13H,5-10,12H2,1-4H3. The Morgan fingerprint density at radius 2 is 1.80 bits per heavy atom. The lowest BCUT2D eigenvalue weighted by Gasteiger charge is -2.27. The summed E-state index contributed by atoms with van der Waals surface area (Å²) in [5, 5.41) is 3.17. The van der Waals surface area contributed by atoms with E-state index in [2.05, 4.69) is 36.0 Å². The van der Waals surface area contributed by atoms with Crippen molar-refractivity contribution in [2.45, 2.75) is 19.9 Å². The number of likely N-dealkylation sites (N-methyl/N-ethyl adjacent to an activating group) is 2. The van der Waals surface area contributed by atoms with E-state index in [-0.39, 0.29) is 0 Å². The molecule has 0 aromatic heterocycles. The molecule has 0 fully saturated rings. The monoisotopic (exact) mass is 216 g/mol. The molecule has 0 rings (SSSR count). The maximum Gasteiger partial charge on any atom is 0.0110 e. The molecule has 0 atom stereocenters. The number of nitrogens with zero attached hydrogens (tertiary/aromatic N) is 2. The lowest BCUT2D eigenvalue weighted by Crippen LogP contribution is -2.41. The molecular weight excluding hydrogens is 188 g/mol. The van der Waals surface area contributed by atoms with E-state index in [4.69, 9.17) is 5.73 Å². The highest BCUT2D eigenvalue weighted by molar-refractivity contribution is 4.64. The van der Waals surface area contributed by atoms with Crippen LogP contribution in [0, 0.1) is 0 Å². The maximum atomic E-state index is 5.59. The van der Waals surface area contributed by atoms with Crippen LogP contribution in [0.3, 0.4) is 0 Å². The first-order valence-corrected chi connectivity index (χ1v) is 5.89. The molecule has 3 N–H and O–H groups in total. The molecule has 4 heteroatoms. The van der Waals surface area contributed by atoms with Gasteiger partial charge in [0.05, 0.1) is 0 Å². The molecule has 0 radical (unpaired) electrons. The van der Waals surface area contributed by atoms with E-state index < -0.39 is 0 Å². The van der Waals surface area contributed by atoms with E-state index in [0.717, 1.165) is 39.3 Å². The van der Waals surface area contributed by atoms with Gasteiger partial charge in [0.2, 0.25) is 0 Å². The van der Waals surface area contributed by atoms with E-state index in [1.165, 1.54) is 0 Å². The van der Waals surface area contributed by atoms with Gasteiger partial charge in [-0.1, -0.05) is 0 Å². The largest absolute Gasteiger partial charge is 0.329 e. The summed E-state index contributed by atoms with van der Waals surface area (Å²) in [4.78, 5) is 4.78. The van der Waals surface area contributed by atoms with Crippen LogP contribution in [0.25, 0.3) is 0 Å². The van der Waals surface area contributed by atoms with Gasteiger partial charge < -0.3 is 16.0 Å². The molecule has 92 valence electrons. The maximum absolute atomic E-state index is 5.59. The third-order valence-corrected chi connectivity index (χ3v) is 2.77. The molecule has 0 amide bonds. The fourth-order valence-corrected chi connectivity index (χ4v) is 1.35. The van der Waals surface area contributed by atoms with Crippen LogP contribution < -0.4 is 11.1 Å². The molecule has 0 aromatic rings. The fraction of sp³-hybridized carbons (Fsp3) is 1.00. The van der Waals surface area contributed by atoms with Crippen molar-refractivity contribution in [1.82, 2.24) is 15.1 Å². The summed E-state index contributed by atoms with van der Waals surface area (Å²) in [6.07, 6.45) is 0. The molecule has 15 heavy (non-hydrogen) atoms. The highest BCUT2D eigenvalue weighted by atomic mass is 15.2. The van der Waals surface area contributed by atoms with Crippen molar-refractivity contribution in [3.8, 4) is 0 Å². The summed E-state index contributed by atoms with van der Waals surface area (Å²) >= 11 is 0. The predicted molar refractivity (Wildman–Crippen MR) is 67.2 cm³/mol. The summed E-state index contributed by atoms with van der Waals surface area (Å²) in [7, 11) is 4.16. The second kappa shape index (κ2) is 9.09. The number of hydrogen-bond acceptors (Lipinski definition) is 4. The Morgan fingerprint density at radius 3 is 2.27 bits per heavy atom. The Balaban J connectivity index is 3.73. The van der Waals surface area contributed by atoms with Gasteiger partial charge in [0, 0.05) is 45.3 Å². The molecule has 0 unspecified atom stereocenters. The summed E-state index contributed by atoms with van der Waals surface area (Å²) in [5.74, 6) is 0. The van der Waals surface area contributed by atoms with Crippen molar-refractivity contribution < 1.29 is 0 Å². The topological polar surface area (TPSA) is 44.5 Å². The molecule has 0 bridgehead atoms. The van der Waals surface area contributed by atoms with Gasteiger partial charge in [-0.2, -0.15) is 0 Å². The van der Waals surface area contributed by atoms with Crippen molar-refractivity contribution in [2.75, 3.05) is 53.4 Å². The lowest BCUT2D eigenvalue weighted by molar-refractivity contribution is 0.206. The first kappa shape index (κ1) is 14.8. The quantitative estimate of drug-likeness (QED) is 0.561. The van der Waals surface area contributed by atoms with Crippen LogP contribution in [0.4, 0.5) is 0 Å². The van der Waals surface area contributed by atoms with Crippen LogP contribution in [0.15, 0.2) is 0 Å². The van der Waals surface area contributed by atoms with Gasteiger partial charge in [-0.25, -0.2) is 0 Å². The molecule has 0 aliphatic carbocycles. The summed E-state index contributed by atoms with van der Waals surface area (Å²) in [5.41, 5.74) is 5.59. The normalized spacial score (nSPS) is 12.0. The number of nitrogens with one attached hydrogen (secondary N) is 1. The molecule has 4 nitrogen and oxygen atoms in total. The van der Waals surface area contributed by atoms with Crippen LogP contribution in [-0.2, 0) is 0 Å². The van der Waals surface area contributed by atoms with Gasteiger partial charge in [0.25, 0.3) is 0 Å². The first-order chi connectivity index (χ1) is 7.11. The SMILES string of the molecule is CNCCN(CCN)CCN(C)C(C)C. The number of nitrogens with two attached hydrogens (primary N) is 1. The summed E-state index contributed by atoms with van der Waals surface area (Å²) in [6.45, 7) is 10.5. The van der Waals surface area contributed by atoms with E-state index in [1.54, 1.807) is 0 Å². The Hall–Kier alpha value is -0.160. The zero-order valence-corrected chi connectivity index (χ0v) is 10.8. The van der Waals surface area contributed by atoms with Gasteiger partial charge in [-0.05, 0) is 27.9 Å². The van der Waals surface area contributed by atoms with Gasteiger partial charge in [-0.15, -0.1) is 0 Å². The van der Waals surface area contributed by atoms with Crippen LogP contribution in [-0.4, -0.2) is 69.2 Å².